The van der Waals surface area contributed by atoms with Crippen molar-refractivity contribution in [2.24, 2.45) is 0 Å². The number of carbonyl (C=O) groups excluding carboxylic acids is 1. The quantitative estimate of drug-likeness (QED) is 0.724. The Bertz CT molecular complexity index is 919. The first-order chi connectivity index (χ1) is 12.3. The van der Waals surface area contributed by atoms with E-state index in [-0.39, 0.29) is 18.0 Å². The van der Waals surface area contributed by atoms with Gasteiger partial charge in [0.2, 0.25) is 0 Å². The maximum absolute atomic E-state index is 13.1. The monoisotopic (exact) mass is 331 g/mol. The molecule has 5 heterocycles. The number of pyridine rings is 1. The lowest BCUT2D eigenvalue weighted by Gasteiger charge is -2.35. The fourth-order valence-electron chi connectivity index (χ4n) is 4.04. The average Bonchev–Trinajstić information content (AvgIpc) is 3.29. The van der Waals surface area contributed by atoms with Crippen LogP contribution in [0, 0.1) is 0 Å². The van der Waals surface area contributed by atoms with Gasteiger partial charge in [-0.1, -0.05) is 0 Å². The number of rotatable bonds is 2. The van der Waals surface area contributed by atoms with Crippen LogP contribution in [-0.2, 0) is 6.42 Å². The molecular formula is C19H17N5O. The molecule has 1 saturated heterocycles. The minimum absolute atomic E-state index is 0.0496. The molecule has 3 aromatic rings. The second-order valence-electron chi connectivity index (χ2n) is 6.58. The van der Waals surface area contributed by atoms with Crippen molar-refractivity contribution < 1.29 is 4.79 Å². The van der Waals surface area contributed by atoms with Crippen molar-refractivity contribution in [2.75, 3.05) is 0 Å². The molecule has 1 fully saturated rings. The van der Waals surface area contributed by atoms with E-state index < -0.39 is 0 Å². The molecule has 5 rings (SSSR count). The highest BCUT2D eigenvalue weighted by atomic mass is 16.2. The number of nitrogens with zero attached hydrogens (tertiary/aromatic N) is 5. The summed E-state index contributed by atoms with van der Waals surface area (Å²) in [6, 6.07) is 7.96. The summed E-state index contributed by atoms with van der Waals surface area (Å²) in [6.07, 6.45) is 11.8. The van der Waals surface area contributed by atoms with Crippen LogP contribution in [0.15, 0.2) is 55.4 Å². The van der Waals surface area contributed by atoms with E-state index in [4.69, 9.17) is 0 Å². The Morgan fingerprint density at radius 3 is 2.76 bits per heavy atom. The fourth-order valence-corrected chi connectivity index (χ4v) is 4.04. The molecule has 0 saturated carbocycles. The number of carbonyl (C=O) groups is 1. The minimum Gasteiger partial charge on any atom is -0.328 e. The first-order valence-electron chi connectivity index (χ1n) is 8.52. The molecule has 2 unspecified atom stereocenters. The highest BCUT2D eigenvalue weighted by Crippen LogP contribution is 2.43. The lowest BCUT2D eigenvalue weighted by molar-refractivity contribution is 0.0643. The molecule has 124 valence electrons. The minimum atomic E-state index is 0.0496. The van der Waals surface area contributed by atoms with E-state index in [0.29, 0.717) is 5.56 Å². The van der Waals surface area contributed by atoms with Crippen molar-refractivity contribution in [2.45, 2.75) is 31.3 Å². The zero-order chi connectivity index (χ0) is 16.8. The van der Waals surface area contributed by atoms with Gasteiger partial charge < -0.3 is 9.47 Å². The van der Waals surface area contributed by atoms with Gasteiger partial charge in [-0.3, -0.25) is 4.79 Å². The molecule has 0 aromatic carbocycles. The SMILES string of the molecule is O=C(c1ccc(-n2cccc2)nc1)N1C2CCC1c1cncnc1C2. The van der Waals surface area contributed by atoms with Gasteiger partial charge in [0.1, 0.15) is 12.1 Å². The van der Waals surface area contributed by atoms with Crippen LogP contribution in [-0.4, -0.2) is 36.4 Å². The number of fused-ring (bicyclic) bond motifs is 4. The molecule has 0 spiro atoms. The number of hydrogen-bond acceptors (Lipinski definition) is 4. The van der Waals surface area contributed by atoms with E-state index in [1.807, 2.05) is 52.3 Å². The number of hydrogen-bond donors (Lipinski definition) is 0. The molecule has 6 heteroatoms. The Labute approximate surface area is 145 Å². The maximum Gasteiger partial charge on any atom is 0.256 e. The molecule has 0 radical (unpaired) electrons. The van der Waals surface area contributed by atoms with Gasteiger partial charge in [0, 0.05) is 42.8 Å². The molecule has 2 atom stereocenters. The summed E-state index contributed by atoms with van der Waals surface area (Å²) in [4.78, 5) is 28.1. The van der Waals surface area contributed by atoms with Crippen molar-refractivity contribution in [1.29, 1.82) is 0 Å². The summed E-state index contributed by atoms with van der Waals surface area (Å²) >= 11 is 0. The highest BCUT2D eigenvalue weighted by Gasteiger charge is 2.43. The Morgan fingerprint density at radius 1 is 1.08 bits per heavy atom. The van der Waals surface area contributed by atoms with Gasteiger partial charge >= 0.3 is 0 Å². The summed E-state index contributed by atoms with van der Waals surface area (Å²) < 4.78 is 1.92. The first kappa shape index (κ1) is 14.3. The van der Waals surface area contributed by atoms with Gasteiger partial charge in [-0.2, -0.15) is 0 Å². The normalized spacial score (nSPS) is 21.2. The molecule has 2 aliphatic rings. The highest BCUT2D eigenvalue weighted by molar-refractivity contribution is 5.95. The number of amides is 1. The zero-order valence-corrected chi connectivity index (χ0v) is 13.6. The average molecular weight is 331 g/mol. The van der Waals surface area contributed by atoms with Crippen molar-refractivity contribution >= 4 is 5.91 Å². The first-order valence-corrected chi connectivity index (χ1v) is 8.52. The zero-order valence-electron chi connectivity index (χ0n) is 13.6. The van der Waals surface area contributed by atoms with E-state index in [1.54, 1.807) is 12.5 Å². The molecule has 6 nitrogen and oxygen atoms in total. The van der Waals surface area contributed by atoms with Crippen LogP contribution in [0.3, 0.4) is 0 Å². The van der Waals surface area contributed by atoms with Crippen LogP contribution < -0.4 is 0 Å². The second-order valence-corrected chi connectivity index (χ2v) is 6.58. The molecule has 2 aliphatic heterocycles. The van der Waals surface area contributed by atoms with E-state index >= 15 is 0 Å². The topological polar surface area (TPSA) is 63.9 Å². The third-order valence-electron chi connectivity index (χ3n) is 5.22. The number of aromatic nitrogens is 4. The van der Waals surface area contributed by atoms with E-state index in [0.717, 1.165) is 36.3 Å². The van der Waals surface area contributed by atoms with Gasteiger partial charge in [0.15, 0.2) is 0 Å². The summed E-state index contributed by atoms with van der Waals surface area (Å²) in [6.45, 7) is 0. The molecular weight excluding hydrogens is 314 g/mol. The van der Waals surface area contributed by atoms with Gasteiger partial charge in [-0.05, 0) is 37.1 Å². The van der Waals surface area contributed by atoms with Crippen molar-refractivity contribution in [3.05, 3.63) is 72.2 Å². The molecule has 2 bridgehead atoms. The molecule has 0 N–H and O–H groups in total. The Morgan fingerprint density at radius 2 is 1.96 bits per heavy atom. The van der Waals surface area contributed by atoms with E-state index in [9.17, 15) is 4.79 Å². The Hall–Kier alpha value is -3.02. The maximum atomic E-state index is 13.1. The Balaban J connectivity index is 1.45. The third-order valence-corrected chi connectivity index (χ3v) is 5.22. The standard InChI is InChI=1S/C19H17N5O/c25-19(13-3-6-18(21-10-13)23-7-1-2-8-23)24-14-4-5-17(24)15-11-20-12-22-16(15)9-14/h1-3,6-8,10-12,14,17H,4-5,9H2. The van der Waals surface area contributed by atoms with E-state index in [1.165, 1.54) is 0 Å². The van der Waals surface area contributed by atoms with Crippen LogP contribution in [0.2, 0.25) is 0 Å². The summed E-state index contributed by atoms with van der Waals surface area (Å²) in [5.41, 5.74) is 2.82. The van der Waals surface area contributed by atoms with Gasteiger partial charge in [-0.25, -0.2) is 15.0 Å². The molecule has 0 aliphatic carbocycles. The van der Waals surface area contributed by atoms with E-state index in [2.05, 4.69) is 15.0 Å². The van der Waals surface area contributed by atoms with Crippen LogP contribution >= 0.6 is 0 Å². The van der Waals surface area contributed by atoms with Crippen molar-refractivity contribution in [3.8, 4) is 5.82 Å². The second kappa shape index (κ2) is 5.51. The third kappa shape index (κ3) is 2.25. The lowest BCUT2D eigenvalue weighted by atomic mass is 9.98. The van der Waals surface area contributed by atoms with Gasteiger partial charge in [0.05, 0.1) is 17.3 Å². The molecule has 25 heavy (non-hydrogen) atoms. The van der Waals surface area contributed by atoms with Crippen LogP contribution in [0.1, 0.15) is 40.5 Å². The fraction of sp³-hybridized carbons (Fsp3) is 0.263. The molecule has 3 aromatic heterocycles. The van der Waals surface area contributed by atoms with Crippen LogP contribution in [0.5, 0.6) is 0 Å². The predicted molar refractivity (Wildman–Crippen MR) is 91.2 cm³/mol. The predicted octanol–water partition coefficient (Wildman–Crippen LogP) is 2.56. The van der Waals surface area contributed by atoms with Gasteiger partial charge in [-0.15, -0.1) is 0 Å². The smallest absolute Gasteiger partial charge is 0.256 e. The van der Waals surface area contributed by atoms with Crippen LogP contribution in [0.25, 0.3) is 5.82 Å². The van der Waals surface area contributed by atoms with Gasteiger partial charge in [0.25, 0.3) is 5.91 Å². The lowest BCUT2D eigenvalue weighted by Crippen LogP contribution is -2.42. The summed E-state index contributed by atoms with van der Waals surface area (Å²) in [7, 11) is 0. The summed E-state index contributed by atoms with van der Waals surface area (Å²) in [5, 5.41) is 0. The summed E-state index contributed by atoms with van der Waals surface area (Å²) in [5.74, 6) is 0.857. The largest absolute Gasteiger partial charge is 0.328 e. The molecule has 1 amide bonds. The van der Waals surface area contributed by atoms with Crippen LogP contribution in [0.4, 0.5) is 0 Å². The Kier molecular flexibility index (Phi) is 3.16. The van der Waals surface area contributed by atoms with Crippen molar-refractivity contribution in [3.63, 3.8) is 0 Å². The van der Waals surface area contributed by atoms with Crippen molar-refractivity contribution in [1.82, 2.24) is 24.4 Å².